The topological polar surface area (TPSA) is 66.5 Å². The van der Waals surface area contributed by atoms with Crippen LogP contribution in [-0.2, 0) is 10.0 Å². The lowest BCUT2D eigenvalue weighted by Gasteiger charge is -2.25. The van der Waals surface area contributed by atoms with Gasteiger partial charge in [0.15, 0.2) is 0 Å². The zero-order valence-electron chi connectivity index (χ0n) is 14.4. The van der Waals surface area contributed by atoms with Gasteiger partial charge in [0.1, 0.15) is 0 Å². The van der Waals surface area contributed by atoms with Gasteiger partial charge in [0.2, 0.25) is 10.0 Å². The van der Waals surface area contributed by atoms with Crippen LogP contribution in [0.3, 0.4) is 0 Å². The maximum absolute atomic E-state index is 12.2. The molecule has 0 unspecified atom stereocenters. The zero-order valence-corrected chi connectivity index (χ0v) is 16.0. The van der Waals surface area contributed by atoms with Crippen molar-refractivity contribution in [3.8, 4) is 0 Å². The van der Waals surface area contributed by atoms with Gasteiger partial charge >= 0.3 is 0 Å². The highest BCUT2D eigenvalue weighted by molar-refractivity contribution is 7.92. The summed E-state index contributed by atoms with van der Waals surface area (Å²) in [5.74, 6) is -0.333. The molecular formula is C18H21ClN2O3S. The van der Waals surface area contributed by atoms with Crippen LogP contribution < -0.4 is 9.62 Å². The molecule has 0 aliphatic carbocycles. The number of nitrogens with one attached hydrogen (secondary N) is 1. The summed E-state index contributed by atoms with van der Waals surface area (Å²) in [4.78, 5) is 12.2. The summed E-state index contributed by atoms with van der Waals surface area (Å²) in [6, 6.07) is 12.2. The number of aryl methyl sites for hydroxylation is 1. The van der Waals surface area contributed by atoms with Crippen molar-refractivity contribution in [2.45, 2.75) is 13.8 Å². The highest BCUT2D eigenvalue weighted by Crippen LogP contribution is 2.24. The summed E-state index contributed by atoms with van der Waals surface area (Å²) < 4.78 is 25.7. The Morgan fingerprint density at radius 3 is 2.44 bits per heavy atom. The van der Waals surface area contributed by atoms with Crippen LogP contribution >= 0.6 is 11.6 Å². The van der Waals surface area contributed by atoms with Gasteiger partial charge in [0.05, 0.1) is 29.1 Å². The first kappa shape index (κ1) is 19.3. The molecule has 0 atom stereocenters. The summed E-state index contributed by atoms with van der Waals surface area (Å²) in [7, 11) is -3.47. The number of anilines is 1. The molecule has 0 aliphatic rings. The number of benzene rings is 2. The van der Waals surface area contributed by atoms with E-state index < -0.39 is 10.0 Å². The summed E-state index contributed by atoms with van der Waals surface area (Å²) in [6.45, 7) is 4.12. The molecular weight excluding hydrogens is 360 g/mol. The molecule has 0 saturated heterocycles. The minimum Gasteiger partial charge on any atom is -0.350 e. The molecule has 7 heteroatoms. The summed E-state index contributed by atoms with van der Waals surface area (Å²) in [5, 5.41) is 3.07. The Morgan fingerprint density at radius 1 is 1.12 bits per heavy atom. The van der Waals surface area contributed by atoms with E-state index in [1.54, 1.807) is 30.3 Å². The number of rotatable bonds is 6. The van der Waals surface area contributed by atoms with Crippen molar-refractivity contribution in [1.82, 2.24) is 5.32 Å². The molecule has 25 heavy (non-hydrogen) atoms. The van der Waals surface area contributed by atoms with Crippen molar-refractivity contribution in [3.63, 3.8) is 0 Å². The highest BCUT2D eigenvalue weighted by atomic mass is 35.5. The summed E-state index contributed by atoms with van der Waals surface area (Å²) in [6.07, 6.45) is 1.16. The van der Waals surface area contributed by atoms with Gasteiger partial charge in [-0.2, -0.15) is 0 Å². The number of halogens is 1. The van der Waals surface area contributed by atoms with Gasteiger partial charge in [-0.1, -0.05) is 35.9 Å². The molecule has 0 saturated carbocycles. The van der Waals surface area contributed by atoms with Crippen LogP contribution in [0, 0.1) is 13.8 Å². The van der Waals surface area contributed by atoms with Crippen LogP contribution in [0.2, 0.25) is 5.02 Å². The van der Waals surface area contributed by atoms with E-state index in [9.17, 15) is 13.2 Å². The molecule has 1 amide bonds. The summed E-state index contributed by atoms with van der Waals surface area (Å²) in [5.41, 5.74) is 2.88. The number of hydrogen-bond donors (Lipinski definition) is 1. The lowest BCUT2D eigenvalue weighted by atomic mass is 10.1. The fourth-order valence-electron chi connectivity index (χ4n) is 2.48. The number of nitrogens with zero attached hydrogens (tertiary/aromatic N) is 1. The Labute approximate surface area is 153 Å². The second-order valence-corrected chi connectivity index (χ2v) is 8.10. The van der Waals surface area contributed by atoms with Gasteiger partial charge < -0.3 is 5.32 Å². The van der Waals surface area contributed by atoms with Crippen LogP contribution in [0.4, 0.5) is 5.69 Å². The predicted octanol–water partition coefficient (Wildman–Crippen LogP) is 3.15. The first-order chi connectivity index (χ1) is 11.7. The van der Waals surface area contributed by atoms with Gasteiger partial charge in [-0.05, 0) is 43.2 Å². The van der Waals surface area contributed by atoms with Crippen molar-refractivity contribution in [2.24, 2.45) is 0 Å². The third-order valence-electron chi connectivity index (χ3n) is 3.96. The second-order valence-electron chi connectivity index (χ2n) is 5.79. The lowest BCUT2D eigenvalue weighted by molar-refractivity contribution is 0.0955. The van der Waals surface area contributed by atoms with Gasteiger partial charge in [0.25, 0.3) is 5.91 Å². The van der Waals surface area contributed by atoms with Crippen LogP contribution in [0.5, 0.6) is 0 Å². The average Bonchev–Trinajstić information content (AvgIpc) is 2.54. The van der Waals surface area contributed by atoms with Crippen molar-refractivity contribution in [3.05, 3.63) is 64.2 Å². The largest absolute Gasteiger partial charge is 0.350 e. The molecule has 1 N–H and O–H groups in total. The van der Waals surface area contributed by atoms with Crippen LogP contribution in [0.15, 0.2) is 42.5 Å². The molecule has 0 aromatic heterocycles. The number of carbonyl (C=O) groups is 1. The molecule has 2 aromatic carbocycles. The third kappa shape index (κ3) is 4.74. The molecule has 0 aliphatic heterocycles. The van der Waals surface area contributed by atoms with Crippen molar-refractivity contribution < 1.29 is 13.2 Å². The molecule has 5 nitrogen and oxygen atoms in total. The monoisotopic (exact) mass is 380 g/mol. The first-order valence-electron chi connectivity index (χ1n) is 7.78. The quantitative estimate of drug-likeness (QED) is 0.837. The van der Waals surface area contributed by atoms with E-state index in [2.05, 4.69) is 5.32 Å². The normalized spacial score (nSPS) is 11.2. The first-order valence-corrected chi connectivity index (χ1v) is 10.0. The van der Waals surface area contributed by atoms with Crippen LogP contribution in [0.25, 0.3) is 0 Å². The number of carbonyl (C=O) groups excluding carboxylic acids is 1. The van der Waals surface area contributed by atoms with Gasteiger partial charge in [-0.3, -0.25) is 9.10 Å². The van der Waals surface area contributed by atoms with Crippen molar-refractivity contribution >= 4 is 33.2 Å². The molecule has 0 fully saturated rings. The Kier molecular flexibility index (Phi) is 6.08. The molecule has 2 aromatic rings. The fourth-order valence-corrected chi connectivity index (χ4v) is 3.68. The molecule has 134 valence electrons. The zero-order chi connectivity index (χ0) is 18.6. The molecule has 0 spiro atoms. The number of amides is 1. The minimum atomic E-state index is -3.47. The minimum absolute atomic E-state index is 0.138. The second kappa shape index (κ2) is 7.89. The van der Waals surface area contributed by atoms with Gasteiger partial charge in [-0.15, -0.1) is 0 Å². The molecule has 0 bridgehead atoms. The SMILES string of the molecule is Cc1cccc(N(CCNC(=O)c2ccccc2Cl)S(C)(=O)=O)c1C. The molecule has 0 heterocycles. The molecule has 2 rings (SSSR count). The lowest BCUT2D eigenvalue weighted by Crippen LogP contribution is -2.38. The Morgan fingerprint density at radius 2 is 1.80 bits per heavy atom. The highest BCUT2D eigenvalue weighted by Gasteiger charge is 2.20. The van der Waals surface area contributed by atoms with E-state index >= 15 is 0 Å². The fraction of sp³-hybridized carbons (Fsp3) is 0.278. The van der Waals surface area contributed by atoms with E-state index in [-0.39, 0.29) is 19.0 Å². The standard InChI is InChI=1S/C18H21ClN2O3S/c1-13-7-6-10-17(14(13)2)21(25(3,23)24)12-11-20-18(22)15-8-4-5-9-16(15)19/h4-10H,11-12H2,1-3H3,(H,20,22). The Bertz CT molecular complexity index is 882. The predicted molar refractivity (Wildman–Crippen MR) is 102 cm³/mol. The van der Waals surface area contributed by atoms with Crippen LogP contribution in [-0.4, -0.2) is 33.7 Å². The van der Waals surface area contributed by atoms with E-state index in [1.807, 2.05) is 26.0 Å². The van der Waals surface area contributed by atoms with Crippen LogP contribution in [0.1, 0.15) is 21.5 Å². The van der Waals surface area contributed by atoms with E-state index in [0.717, 1.165) is 17.4 Å². The maximum atomic E-state index is 12.2. The molecule has 0 radical (unpaired) electrons. The maximum Gasteiger partial charge on any atom is 0.252 e. The third-order valence-corrected chi connectivity index (χ3v) is 5.47. The average molecular weight is 381 g/mol. The Balaban J connectivity index is 2.13. The van der Waals surface area contributed by atoms with Gasteiger partial charge in [0, 0.05) is 6.54 Å². The number of hydrogen-bond acceptors (Lipinski definition) is 3. The summed E-state index contributed by atoms with van der Waals surface area (Å²) >= 11 is 6.00. The van der Waals surface area contributed by atoms with E-state index in [1.165, 1.54) is 4.31 Å². The van der Waals surface area contributed by atoms with Gasteiger partial charge in [-0.25, -0.2) is 8.42 Å². The van der Waals surface area contributed by atoms with E-state index in [4.69, 9.17) is 11.6 Å². The smallest absolute Gasteiger partial charge is 0.252 e. The number of sulfonamides is 1. The van der Waals surface area contributed by atoms with Crippen molar-refractivity contribution in [2.75, 3.05) is 23.7 Å². The van der Waals surface area contributed by atoms with Crippen molar-refractivity contribution in [1.29, 1.82) is 0 Å². The Hall–Kier alpha value is -2.05. The van der Waals surface area contributed by atoms with E-state index in [0.29, 0.717) is 16.3 Å².